The third kappa shape index (κ3) is 7.23. The molecule has 0 bridgehead atoms. The number of hydrogen-bond acceptors (Lipinski definition) is 5. The Balaban J connectivity index is 1.73. The third-order valence-electron chi connectivity index (χ3n) is 6.66. The summed E-state index contributed by atoms with van der Waals surface area (Å²) in [4.78, 5) is 31.5. The number of ketones is 1. The number of esters is 1. The summed E-state index contributed by atoms with van der Waals surface area (Å²) in [5, 5.41) is 4.52. The Morgan fingerprint density at radius 2 is 1.73 bits per heavy atom. The zero-order valence-corrected chi connectivity index (χ0v) is 27.1. The van der Waals surface area contributed by atoms with Gasteiger partial charge in [0.25, 0.3) is 0 Å². The Morgan fingerprint density at radius 1 is 1.02 bits per heavy atom. The minimum absolute atomic E-state index is 0.0478. The molecule has 0 atom stereocenters. The molecule has 1 aromatic heterocycles. The van der Waals surface area contributed by atoms with Crippen molar-refractivity contribution in [2.24, 2.45) is 0 Å². The molecule has 9 heteroatoms. The van der Waals surface area contributed by atoms with E-state index in [-0.39, 0.29) is 39.4 Å². The van der Waals surface area contributed by atoms with E-state index >= 15 is 0 Å². The molecule has 1 heterocycles. The molecule has 0 aliphatic carbocycles. The van der Waals surface area contributed by atoms with Gasteiger partial charge in [-0.3, -0.25) is 9.59 Å². The third-order valence-corrected chi connectivity index (χ3v) is 8.22. The molecule has 0 amide bonds. The van der Waals surface area contributed by atoms with Crippen molar-refractivity contribution >= 4 is 79.1 Å². The number of aromatic nitrogens is 1. The maximum atomic E-state index is 14.1. The van der Waals surface area contributed by atoms with Crippen molar-refractivity contribution in [3.05, 3.63) is 85.3 Å². The summed E-state index contributed by atoms with van der Waals surface area (Å²) in [5.74, 6) is -0.478. The monoisotopic (exact) mass is 674 g/mol. The lowest BCUT2D eigenvalue weighted by atomic mass is 9.88. The van der Waals surface area contributed by atoms with Gasteiger partial charge in [-0.2, -0.15) is 0 Å². The highest BCUT2D eigenvalue weighted by atomic mass is 79.9. The van der Waals surface area contributed by atoms with E-state index in [1.807, 2.05) is 76.2 Å². The highest BCUT2D eigenvalue weighted by Gasteiger charge is 2.30. The van der Waals surface area contributed by atoms with Crippen molar-refractivity contribution in [2.75, 3.05) is 5.32 Å². The Labute approximate surface area is 263 Å². The van der Waals surface area contributed by atoms with E-state index in [9.17, 15) is 9.59 Å². The predicted molar refractivity (Wildman–Crippen MR) is 173 cm³/mol. The van der Waals surface area contributed by atoms with Gasteiger partial charge in [-0.25, -0.2) is 4.98 Å². The van der Waals surface area contributed by atoms with Crippen LogP contribution in [0.1, 0.15) is 62.4 Å². The van der Waals surface area contributed by atoms with Crippen LogP contribution in [-0.2, 0) is 4.79 Å². The number of ether oxygens (including phenoxy) is 1. The summed E-state index contributed by atoms with van der Waals surface area (Å²) in [6.45, 7) is 7.66. The number of anilines is 1. The quantitative estimate of drug-likeness (QED) is 0.0784. The van der Waals surface area contributed by atoms with Crippen LogP contribution < -0.4 is 10.1 Å². The van der Waals surface area contributed by atoms with Gasteiger partial charge >= 0.3 is 5.97 Å². The zero-order valence-electron chi connectivity index (χ0n) is 23.2. The number of rotatable bonds is 10. The van der Waals surface area contributed by atoms with Crippen molar-refractivity contribution in [1.29, 1.82) is 0 Å². The minimum Gasteiger partial charge on any atom is -0.423 e. The lowest BCUT2D eigenvalue weighted by Gasteiger charge is -2.29. The second kappa shape index (κ2) is 13.1. The average molecular weight is 677 g/mol. The first-order valence-electron chi connectivity index (χ1n) is 13.3. The SMILES string of the molecule is CCCCC(=O)Oc1c(Cl)c(Cl)cc(Cl)c1NC(C)(C)CC(=O)c1c(C)c(-c2ccccc2)nc2ccc(Br)cc12. The number of carbonyl (C=O) groups is 2. The highest BCUT2D eigenvalue weighted by molar-refractivity contribution is 9.10. The van der Waals surface area contributed by atoms with Gasteiger partial charge in [-0.1, -0.05) is 94.4 Å². The van der Waals surface area contributed by atoms with Crippen LogP contribution in [0.25, 0.3) is 22.2 Å². The molecule has 0 spiro atoms. The van der Waals surface area contributed by atoms with Crippen molar-refractivity contribution in [2.45, 2.75) is 58.9 Å². The fourth-order valence-corrected chi connectivity index (χ4v) is 5.75. The van der Waals surface area contributed by atoms with Gasteiger partial charge in [0.15, 0.2) is 11.5 Å². The Hall–Kier alpha value is -2.64. The zero-order chi connectivity index (χ0) is 29.9. The smallest absolute Gasteiger partial charge is 0.311 e. The number of Topliss-reactive ketones (excluding diaryl/α,β-unsaturated/α-hetero) is 1. The number of fused-ring (bicyclic) bond motifs is 1. The Kier molecular flexibility index (Phi) is 10.0. The van der Waals surface area contributed by atoms with Crippen LogP contribution in [0.5, 0.6) is 5.75 Å². The molecule has 0 fully saturated rings. The molecule has 214 valence electrons. The summed E-state index contributed by atoms with van der Waals surface area (Å²) in [7, 11) is 0. The molecule has 0 aliphatic rings. The van der Waals surface area contributed by atoms with Crippen molar-refractivity contribution in [3.8, 4) is 17.0 Å². The van der Waals surface area contributed by atoms with Crippen LogP contribution >= 0.6 is 50.7 Å². The van der Waals surface area contributed by atoms with Gasteiger partial charge in [0.1, 0.15) is 5.02 Å². The molecular formula is C32H30BrCl3N2O3. The number of hydrogen-bond donors (Lipinski definition) is 1. The van der Waals surface area contributed by atoms with E-state index in [4.69, 9.17) is 44.5 Å². The summed E-state index contributed by atoms with van der Waals surface area (Å²) in [6.07, 6.45) is 1.83. The number of pyridine rings is 1. The van der Waals surface area contributed by atoms with Gasteiger partial charge < -0.3 is 10.1 Å². The van der Waals surface area contributed by atoms with Gasteiger partial charge in [0.2, 0.25) is 0 Å². The van der Waals surface area contributed by atoms with Crippen molar-refractivity contribution in [3.63, 3.8) is 0 Å². The highest BCUT2D eigenvalue weighted by Crippen LogP contribution is 2.45. The van der Waals surface area contributed by atoms with Gasteiger partial charge in [-0.15, -0.1) is 0 Å². The normalized spacial score (nSPS) is 11.5. The number of unbranched alkanes of at least 4 members (excludes halogenated alkanes) is 1. The molecule has 4 aromatic rings. The van der Waals surface area contributed by atoms with Crippen molar-refractivity contribution < 1.29 is 14.3 Å². The number of halogens is 4. The van der Waals surface area contributed by atoms with E-state index in [1.165, 1.54) is 6.07 Å². The van der Waals surface area contributed by atoms with Gasteiger partial charge in [-0.05, 0) is 57.0 Å². The topological polar surface area (TPSA) is 68.3 Å². The van der Waals surface area contributed by atoms with E-state index in [1.54, 1.807) is 0 Å². The number of nitrogens with zero attached hydrogens (tertiary/aromatic N) is 1. The first kappa shape index (κ1) is 31.3. The van der Waals surface area contributed by atoms with Crippen LogP contribution in [0, 0.1) is 6.92 Å². The van der Waals surface area contributed by atoms with E-state index < -0.39 is 11.5 Å². The lowest BCUT2D eigenvalue weighted by molar-refractivity contribution is -0.134. The summed E-state index contributed by atoms with van der Waals surface area (Å²) in [6, 6.07) is 17.0. The molecule has 0 radical (unpaired) electrons. The van der Waals surface area contributed by atoms with Gasteiger partial charge in [0, 0.05) is 39.4 Å². The second-order valence-corrected chi connectivity index (χ2v) is 12.6. The summed E-state index contributed by atoms with van der Waals surface area (Å²) in [5.41, 5.74) is 3.26. The maximum Gasteiger partial charge on any atom is 0.311 e. The predicted octanol–water partition coefficient (Wildman–Crippen LogP) is 10.5. The average Bonchev–Trinajstić information content (AvgIpc) is 2.92. The molecule has 0 aliphatic heterocycles. The molecule has 5 nitrogen and oxygen atoms in total. The second-order valence-electron chi connectivity index (χ2n) is 10.5. The van der Waals surface area contributed by atoms with Crippen LogP contribution in [0.15, 0.2) is 59.1 Å². The molecule has 0 saturated carbocycles. The number of carbonyl (C=O) groups excluding carboxylic acids is 2. The Bertz CT molecular complexity index is 1620. The van der Waals surface area contributed by atoms with Crippen molar-refractivity contribution in [1.82, 2.24) is 4.98 Å². The fraction of sp³-hybridized carbons (Fsp3) is 0.281. The van der Waals surface area contributed by atoms with Gasteiger partial charge in [0.05, 0.1) is 26.9 Å². The molecule has 0 unspecified atom stereocenters. The first-order chi connectivity index (χ1) is 19.4. The fourth-order valence-electron chi connectivity index (χ4n) is 4.71. The number of benzene rings is 3. The minimum atomic E-state index is -0.830. The largest absolute Gasteiger partial charge is 0.423 e. The molecule has 41 heavy (non-hydrogen) atoms. The van der Waals surface area contributed by atoms with Crippen LogP contribution in [0.4, 0.5) is 5.69 Å². The summed E-state index contributed by atoms with van der Waals surface area (Å²) < 4.78 is 6.48. The van der Waals surface area contributed by atoms with Crippen LogP contribution in [0.2, 0.25) is 15.1 Å². The van der Waals surface area contributed by atoms with Crippen LogP contribution in [-0.4, -0.2) is 22.3 Å². The standard InChI is InChI=1S/C32H30BrCl3N2O3/c1-5-6-12-26(40)41-31-28(36)22(34)16-23(35)30(31)38-32(3,4)17-25(39)27-18(2)29(19-10-8-7-9-11-19)37-24-14-13-20(33)15-21(24)27/h7-11,13-16,38H,5-6,12,17H2,1-4H3. The van der Waals surface area contributed by atoms with E-state index in [2.05, 4.69) is 21.2 Å². The maximum absolute atomic E-state index is 14.1. The molecule has 0 saturated heterocycles. The lowest BCUT2D eigenvalue weighted by Crippen LogP contribution is -2.34. The molecule has 3 aromatic carbocycles. The molecular weight excluding hydrogens is 647 g/mol. The first-order valence-corrected chi connectivity index (χ1v) is 15.2. The molecule has 1 N–H and O–H groups in total. The van der Waals surface area contributed by atoms with E-state index in [0.29, 0.717) is 17.7 Å². The van der Waals surface area contributed by atoms with E-state index in [0.717, 1.165) is 38.6 Å². The number of nitrogens with one attached hydrogen (secondary N) is 1. The summed E-state index contributed by atoms with van der Waals surface area (Å²) >= 11 is 22.8. The molecule has 4 rings (SSSR count). The Morgan fingerprint density at radius 3 is 2.41 bits per heavy atom. The van der Waals surface area contributed by atoms with Crippen LogP contribution in [0.3, 0.4) is 0 Å².